The molecular weight excluding hydrogens is 382 g/mol. The van der Waals surface area contributed by atoms with E-state index in [1.165, 1.54) is 0 Å². The first-order chi connectivity index (χ1) is 14.6. The minimum absolute atomic E-state index is 0.259. The SMILES string of the molecule is CCOc1ccccc1C(=O)O[C@@H](C(=O)Nc1cccc(OC)c1)c1ccccc1. The van der Waals surface area contributed by atoms with E-state index in [9.17, 15) is 9.59 Å². The fraction of sp³-hybridized carbons (Fsp3) is 0.167. The third kappa shape index (κ3) is 5.17. The minimum Gasteiger partial charge on any atom is -0.497 e. The molecule has 6 nitrogen and oxygen atoms in total. The van der Waals surface area contributed by atoms with Crippen LogP contribution in [0.4, 0.5) is 5.69 Å². The van der Waals surface area contributed by atoms with Crippen LogP contribution in [-0.4, -0.2) is 25.6 Å². The average Bonchev–Trinajstić information content (AvgIpc) is 2.78. The predicted octanol–water partition coefficient (Wildman–Crippen LogP) is 4.63. The van der Waals surface area contributed by atoms with E-state index in [0.29, 0.717) is 29.4 Å². The summed E-state index contributed by atoms with van der Waals surface area (Å²) in [5, 5.41) is 2.78. The Morgan fingerprint density at radius 3 is 2.40 bits per heavy atom. The Morgan fingerprint density at radius 1 is 0.933 bits per heavy atom. The van der Waals surface area contributed by atoms with Gasteiger partial charge in [-0.25, -0.2) is 4.79 Å². The molecule has 0 spiro atoms. The highest BCUT2D eigenvalue weighted by atomic mass is 16.6. The summed E-state index contributed by atoms with van der Waals surface area (Å²) in [4.78, 5) is 25.9. The van der Waals surface area contributed by atoms with Crippen LogP contribution in [0.3, 0.4) is 0 Å². The van der Waals surface area contributed by atoms with Crippen LogP contribution in [0.15, 0.2) is 78.9 Å². The molecule has 30 heavy (non-hydrogen) atoms. The number of para-hydroxylation sites is 1. The van der Waals surface area contributed by atoms with Crippen LogP contribution in [0.25, 0.3) is 0 Å². The number of hydrogen-bond acceptors (Lipinski definition) is 5. The number of nitrogens with one attached hydrogen (secondary N) is 1. The maximum Gasteiger partial charge on any atom is 0.343 e. The molecule has 0 aromatic heterocycles. The number of benzene rings is 3. The number of hydrogen-bond donors (Lipinski definition) is 1. The van der Waals surface area contributed by atoms with E-state index in [0.717, 1.165) is 0 Å². The number of anilines is 1. The van der Waals surface area contributed by atoms with E-state index < -0.39 is 18.0 Å². The Balaban J connectivity index is 1.86. The average molecular weight is 405 g/mol. The lowest BCUT2D eigenvalue weighted by atomic mass is 10.1. The van der Waals surface area contributed by atoms with Crippen LogP contribution < -0.4 is 14.8 Å². The molecule has 0 radical (unpaired) electrons. The normalized spacial score (nSPS) is 11.3. The van der Waals surface area contributed by atoms with Crippen molar-refractivity contribution in [3.05, 3.63) is 90.0 Å². The van der Waals surface area contributed by atoms with Crippen molar-refractivity contribution >= 4 is 17.6 Å². The molecule has 0 heterocycles. The summed E-state index contributed by atoms with van der Waals surface area (Å²) in [6.07, 6.45) is -1.14. The third-order valence-electron chi connectivity index (χ3n) is 4.31. The van der Waals surface area contributed by atoms with Crippen LogP contribution in [0.1, 0.15) is 28.9 Å². The van der Waals surface area contributed by atoms with Crippen LogP contribution in [0.2, 0.25) is 0 Å². The Labute approximate surface area is 175 Å². The zero-order valence-corrected chi connectivity index (χ0v) is 16.8. The van der Waals surface area contributed by atoms with Crippen LogP contribution in [0.5, 0.6) is 11.5 Å². The van der Waals surface area contributed by atoms with E-state index in [-0.39, 0.29) is 5.56 Å². The van der Waals surface area contributed by atoms with Crippen molar-refractivity contribution in [3.63, 3.8) is 0 Å². The Kier molecular flexibility index (Phi) is 7.05. The van der Waals surface area contributed by atoms with Gasteiger partial charge in [0.1, 0.15) is 17.1 Å². The van der Waals surface area contributed by atoms with Crippen LogP contribution >= 0.6 is 0 Å². The van der Waals surface area contributed by atoms with Gasteiger partial charge in [0.25, 0.3) is 5.91 Å². The molecule has 0 aliphatic rings. The number of methoxy groups -OCH3 is 1. The summed E-state index contributed by atoms with van der Waals surface area (Å²) in [6.45, 7) is 2.24. The third-order valence-corrected chi connectivity index (χ3v) is 4.31. The maximum absolute atomic E-state index is 13.0. The quantitative estimate of drug-likeness (QED) is 0.553. The topological polar surface area (TPSA) is 73.9 Å². The largest absolute Gasteiger partial charge is 0.497 e. The molecule has 1 atom stereocenters. The van der Waals surface area contributed by atoms with Crippen molar-refractivity contribution in [2.75, 3.05) is 19.0 Å². The molecule has 1 amide bonds. The van der Waals surface area contributed by atoms with Gasteiger partial charge in [-0.3, -0.25) is 4.79 Å². The van der Waals surface area contributed by atoms with Crippen molar-refractivity contribution in [1.82, 2.24) is 0 Å². The van der Waals surface area contributed by atoms with Crippen molar-refractivity contribution in [1.29, 1.82) is 0 Å². The molecule has 0 bridgehead atoms. The number of ether oxygens (including phenoxy) is 3. The first kappa shape index (κ1) is 20.9. The monoisotopic (exact) mass is 405 g/mol. The highest BCUT2D eigenvalue weighted by molar-refractivity contribution is 5.99. The highest BCUT2D eigenvalue weighted by Gasteiger charge is 2.27. The van der Waals surface area contributed by atoms with Gasteiger partial charge >= 0.3 is 5.97 Å². The molecule has 0 saturated carbocycles. The number of amides is 1. The molecule has 154 valence electrons. The molecule has 3 rings (SSSR count). The zero-order chi connectivity index (χ0) is 21.3. The van der Waals surface area contributed by atoms with Gasteiger partial charge in [0.15, 0.2) is 0 Å². The smallest absolute Gasteiger partial charge is 0.343 e. The predicted molar refractivity (Wildman–Crippen MR) is 114 cm³/mol. The molecular formula is C24H23NO5. The Hall–Kier alpha value is -3.80. The minimum atomic E-state index is -1.14. The second-order valence-electron chi connectivity index (χ2n) is 6.35. The molecule has 0 aliphatic heterocycles. The zero-order valence-electron chi connectivity index (χ0n) is 16.8. The van der Waals surface area contributed by atoms with E-state index in [1.807, 2.05) is 13.0 Å². The van der Waals surface area contributed by atoms with E-state index >= 15 is 0 Å². The number of carbonyl (C=O) groups excluding carboxylic acids is 2. The second kappa shape index (κ2) is 10.1. The Morgan fingerprint density at radius 2 is 1.67 bits per heavy atom. The molecule has 0 fully saturated rings. The van der Waals surface area contributed by atoms with Gasteiger partial charge in [-0.05, 0) is 31.2 Å². The first-order valence-electron chi connectivity index (χ1n) is 9.55. The number of rotatable bonds is 8. The summed E-state index contributed by atoms with van der Waals surface area (Å²) >= 11 is 0. The van der Waals surface area contributed by atoms with Crippen molar-refractivity contribution in [2.24, 2.45) is 0 Å². The van der Waals surface area contributed by atoms with Gasteiger partial charge in [0.2, 0.25) is 6.10 Å². The molecule has 0 unspecified atom stereocenters. The molecule has 0 saturated heterocycles. The lowest BCUT2D eigenvalue weighted by molar-refractivity contribution is -0.125. The summed E-state index contributed by atoms with van der Waals surface area (Å²) < 4.78 is 16.3. The van der Waals surface area contributed by atoms with Gasteiger partial charge in [0, 0.05) is 17.3 Å². The van der Waals surface area contributed by atoms with Crippen molar-refractivity contribution in [3.8, 4) is 11.5 Å². The first-order valence-corrected chi connectivity index (χ1v) is 9.55. The highest BCUT2D eigenvalue weighted by Crippen LogP contribution is 2.26. The van der Waals surface area contributed by atoms with E-state index in [1.54, 1.807) is 79.9 Å². The second-order valence-corrected chi connectivity index (χ2v) is 6.35. The van der Waals surface area contributed by atoms with Gasteiger partial charge in [-0.2, -0.15) is 0 Å². The summed E-state index contributed by atoms with van der Waals surface area (Å²) in [6, 6.07) is 22.6. The number of carbonyl (C=O) groups is 2. The fourth-order valence-electron chi connectivity index (χ4n) is 2.90. The standard InChI is InChI=1S/C24H23NO5/c1-3-29-21-15-8-7-14-20(21)24(27)30-22(17-10-5-4-6-11-17)23(26)25-18-12-9-13-19(16-18)28-2/h4-16,22H,3H2,1-2H3,(H,25,26)/t22-/m1/s1. The van der Waals surface area contributed by atoms with Crippen LogP contribution in [0, 0.1) is 0 Å². The van der Waals surface area contributed by atoms with Crippen LogP contribution in [-0.2, 0) is 9.53 Å². The van der Waals surface area contributed by atoms with Gasteiger partial charge < -0.3 is 19.5 Å². The maximum atomic E-state index is 13.0. The lowest BCUT2D eigenvalue weighted by Crippen LogP contribution is -2.26. The number of esters is 1. The molecule has 6 heteroatoms. The van der Waals surface area contributed by atoms with Gasteiger partial charge in [-0.1, -0.05) is 48.5 Å². The van der Waals surface area contributed by atoms with E-state index in [2.05, 4.69) is 5.32 Å². The Bertz CT molecular complexity index is 1000. The molecule has 1 N–H and O–H groups in total. The molecule has 0 aliphatic carbocycles. The molecule has 3 aromatic carbocycles. The summed E-state index contributed by atoms with van der Waals surface area (Å²) in [5.41, 5.74) is 1.35. The van der Waals surface area contributed by atoms with E-state index in [4.69, 9.17) is 14.2 Å². The van der Waals surface area contributed by atoms with Gasteiger partial charge in [-0.15, -0.1) is 0 Å². The summed E-state index contributed by atoms with van der Waals surface area (Å²) in [5.74, 6) is -0.109. The summed E-state index contributed by atoms with van der Waals surface area (Å²) in [7, 11) is 1.55. The lowest BCUT2D eigenvalue weighted by Gasteiger charge is -2.19. The fourth-order valence-corrected chi connectivity index (χ4v) is 2.90. The van der Waals surface area contributed by atoms with Crippen molar-refractivity contribution < 1.29 is 23.8 Å². The molecule has 3 aromatic rings. The van der Waals surface area contributed by atoms with Crippen molar-refractivity contribution in [2.45, 2.75) is 13.0 Å². The van der Waals surface area contributed by atoms with Gasteiger partial charge in [0.05, 0.1) is 13.7 Å².